The Kier molecular flexibility index (Phi) is 5.92. The molecule has 0 radical (unpaired) electrons. The summed E-state index contributed by atoms with van der Waals surface area (Å²) < 4.78 is 0. The summed E-state index contributed by atoms with van der Waals surface area (Å²) in [7, 11) is 0. The topological polar surface area (TPSA) is 79.8 Å². The maximum atomic E-state index is 12.0. The Bertz CT molecular complexity index is 823. The number of nitrogens with one attached hydrogen (secondary N) is 2. The van der Waals surface area contributed by atoms with Crippen LogP contribution in [-0.4, -0.2) is 27.6 Å². The van der Waals surface area contributed by atoms with Crippen LogP contribution in [0.3, 0.4) is 0 Å². The van der Waals surface area contributed by atoms with Crippen molar-refractivity contribution >= 4 is 39.8 Å². The molecule has 25 heavy (non-hydrogen) atoms. The predicted molar refractivity (Wildman–Crippen MR) is 100 cm³/mol. The Morgan fingerprint density at radius 3 is 2.88 bits per heavy atom. The molecule has 2 heterocycles. The molecule has 128 valence electrons. The largest absolute Gasteiger partial charge is 0.370 e. The predicted octanol–water partition coefficient (Wildman–Crippen LogP) is 3.88. The van der Waals surface area contributed by atoms with Crippen molar-refractivity contribution in [3.8, 4) is 0 Å². The molecular weight excluding hydrogens is 358 g/mol. The molecule has 0 saturated carbocycles. The molecule has 6 nitrogen and oxygen atoms in total. The number of hydrogen-bond acceptors (Lipinski definition) is 6. The van der Waals surface area contributed by atoms with E-state index in [0.29, 0.717) is 10.7 Å². The number of carbonyl (C=O) groups excluding carboxylic acids is 1. The average Bonchev–Trinajstić information content (AvgIpc) is 3.12. The van der Waals surface area contributed by atoms with Crippen molar-refractivity contribution in [2.45, 2.75) is 12.8 Å². The first-order chi connectivity index (χ1) is 12.2. The van der Waals surface area contributed by atoms with E-state index < -0.39 is 0 Å². The highest BCUT2D eigenvalue weighted by Gasteiger charge is 2.08. The van der Waals surface area contributed by atoms with Crippen LogP contribution in [-0.2, 0) is 6.42 Å². The quantitative estimate of drug-likeness (QED) is 0.614. The van der Waals surface area contributed by atoms with Gasteiger partial charge in [0.25, 0.3) is 5.91 Å². The lowest BCUT2D eigenvalue weighted by Crippen LogP contribution is -2.12. The van der Waals surface area contributed by atoms with Gasteiger partial charge in [-0.15, -0.1) is 10.2 Å². The average molecular weight is 374 g/mol. The highest BCUT2D eigenvalue weighted by molar-refractivity contribution is 7.13. The lowest BCUT2D eigenvalue weighted by molar-refractivity contribution is 0.102. The van der Waals surface area contributed by atoms with Gasteiger partial charge >= 0.3 is 0 Å². The molecule has 2 aromatic heterocycles. The van der Waals surface area contributed by atoms with E-state index in [0.717, 1.165) is 30.2 Å². The second-order valence-electron chi connectivity index (χ2n) is 5.29. The molecule has 0 bridgehead atoms. The van der Waals surface area contributed by atoms with E-state index in [4.69, 9.17) is 11.6 Å². The van der Waals surface area contributed by atoms with E-state index >= 15 is 0 Å². The van der Waals surface area contributed by atoms with Crippen LogP contribution in [0, 0.1) is 0 Å². The first-order valence-corrected chi connectivity index (χ1v) is 8.98. The zero-order valence-electron chi connectivity index (χ0n) is 13.3. The van der Waals surface area contributed by atoms with Crippen LogP contribution >= 0.6 is 22.9 Å². The zero-order chi connectivity index (χ0) is 17.5. The van der Waals surface area contributed by atoms with Gasteiger partial charge in [-0.3, -0.25) is 10.1 Å². The van der Waals surface area contributed by atoms with Crippen LogP contribution in [0.25, 0.3) is 0 Å². The number of halogens is 1. The van der Waals surface area contributed by atoms with Gasteiger partial charge in [-0.2, -0.15) is 0 Å². The Balaban J connectivity index is 1.45. The van der Waals surface area contributed by atoms with E-state index in [-0.39, 0.29) is 5.91 Å². The number of pyridine rings is 1. The minimum atomic E-state index is -0.253. The van der Waals surface area contributed by atoms with E-state index in [2.05, 4.69) is 31.9 Å². The van der Waals surface area contributed by atoms with Gasteiger partial charge in [0, 0.05) is 17.8 Å². The Morgan fingerprint density at radius 2 is 2.16 bits per heavy atom. The molecule has 0 aliphatic heterocycles. The van der Waals surface area contributed by atoms with Crippen LogP contribution < -0.4 is 10.6 Å². The van der Waals surface area contributed by atoms with Gasteiger partial charge in [0.15, 0.2) is 0 Å². The summed E-state index contributed by atoms with van der Waals surface area (Å²) in [5.74, 6) is 0.482. The number of benzene rings is 1. The first-order valence-electron chi connectivity index (χ1n) is 7.72. The van der Waals surface area contributed by atoms with Crippen molar-refractivity contribution in [3.05, 3.63) is 64.3 Å². The maximum Gasteiger partial charge on any atom is 0.259 e. The third kappa shape index (κ3) is 5.23. The van der Waals surface area contributed by atoms with Crippen molar-refractivity contribution in [3.63, 3.8) is 0 Å². The van der Waals surface area contributed by atoms with Gasteiger partial charge in [0.05, 0.1) is 5.56 Å². The lowest BCUT2D eigenvalue weighted by Gasteiger charge is -2.07. The van der Waals surface area contributed by atoms with E-state index in [9.17, 15) is 4.79 Å². The van der Waals surface area contributed by atoms with Crippen LogP contribution in [0.1, 0.15) is 22.3 Å². The maximum absolute atomic E-state index is 12.0. The molecule has 2 N–H and O–H groups in total. The third-order valence-corrected chi connectivity index (χ3v) is 4.29. The van der Waals surface area contributed by atoms with Crippen molar-refractivity contribution in [1.29, 1.82) is 0 Å². The summed E-state index contributed by atoms with van der Waals surface area (Å²) in [4.78, 5) is 16.3. The molecule has 0 aliphatic rings. The monoisotopic (exact) mass is 373 g/mol. The number of carbonyl (C=O) groups is 1. The Labute approximate surface area is 154 Å². The minimum Gasteiger partial charge on any atom is -0.370 e. The highest BCUT2D eigenvalue weighted by Crippen LogP contribution is 2.13. The number of rotatable bonds is 7. The minimum absolute atomic E-state index is 0.253. The van der Waals surface area contributed by atoms with Gasteiger partial charge in [0.1, 0.15) is 11.3 Å². The van der Waals surface area contributed by atoms with Gasteiger partial charge in [-0.05, 0) is 42.7 Å². The first kappa shape index (κ1) is 17.3. The van der Waals surface area contributed by atoms with Gasteiger partial charge in [-0.1, -0.05) is 35.1 Å². The summed E-state index contributed by atoms with van der Waals surface area (Å²) in [6.07, 6.45) is 3.44. The molecule has 0 unspecified atom stereocenters. The van der Waals surface area contributed by atoms with E-state index in [1.54, 1.807) is 17.6 Å². The second kappa shape index (κ2) is 8.55. The summed E-state index contributed by atoms with van der Waals surface area (Å²) in [6, 6.07) is 11.4. The summed E-state index contributed by atoms with van der Waals surface area (Å²) in [5.41, 5.74) is 3.25. The smallest absolute Gasteiger partial charge is 0.259 e. The molecule has 3 aromatic rings. The molecule has 0 aliphatic carbocycles. The zero-order valence-corrected chi connectivity index (χ0v) is 14.8. The summed E-state index contributed by atoms with van der Waals surface area (Å²) in [6.45, 7) is 0.788. The van der Waals surface area contributed by atoms with Crippen molar-refractivity contribution in [2.75, 3.05) is 17.2 Å². The number of anilines is 2. The van der Waals surface area contributed by atoms with Crippen LogP contribution in [0.15, 0.2) is 48.1 Å². The fourth-order valence-electron chi connectivity index (χ4n) is 2.23. The summed E-state index contributed by atoms with van der Waals surface area (Å²) in [5, 5.41) is 14.6. The van der Waals surface area contributed by atoms with Crippen LogP contribution in [0.2, 0.25) is 5.02 Å². The Morgan fingerprint density at radius 1 is 1.24 bits per heavy atom. The van der Waals surface area contributed by atoms with Gasteiger partial charge < -0.3 is 5.32 Å². The number of nitrogens with zero attached hydrogens (tertiary/aromatic N) is 3. The lowest BCUT2D eigenvalue weighted by atomic mass is 10.1. The van der Waals surface area contributed by atoms with Crippen LogP contribution in [0.4, 0.5) is 10.9 Å². The fraction of sp³-hybridized carbons (Fsp3) is 0.176. The fourth-order valence-corrected chi connectivity index (χ4v) is 2.88. The molecule has 1 aromatic carbocycles. The molecule has 0 spiro atoms. The normalized spacial score (nSPS) is 10.4. The molecular formula is C17H16ClN5OS. The molecule has 0 fully saturated rings. The standard InChI is InChI=1S/C17H16ClN5OS/c18-14-5-1-3-12(9-14)4-2-8-19-15-7-6-13(10-20-15)16(24)22-17-23-21-11-25-17/h1,3,5-7,9-11H,2,4,8H2,(H,19,20)(H,22,23,24). The summed E-state index contributed by atoms with van der Waals surface area (Å²) >= 11 is 7.24. The SMILES string of the molecule is O=C(Nc1nncs1)c1ccc(NCCCc2cccc(Cl)c2)nc1. The number of amides is 1. The number of hydrogen-bond donors (Lipinski definition) is 2. The van der Waals surface area contributed by atoms with Crippen molar-refractivity contribution in [1.82, 2.24) is 15.2 Å². The third-order valence-electron chi connectivity index (χ3n) is 3.44. The molecule has 0 atom stereocenters. The van der Waals surface area contributed by atoms with Gasteiger partial charge in [-0.25, -0.2) is 4.98 Å². The molecule has 8 heteroatoms. The van der Waals surface area contributed by atoms with Crippen molar-refractivity contribution in [2.24, 2.45) is 0 Å². The van der Waals surface area contributed by atoms with E-state index in [1.165, 1.54) is 23.1 Å². The number of aromatic nitrogens is 3. The van der Waals surface area contributed by atoms with Crippen LogP contribution in [0.5, 0.6) is 0 Å². The van der Waals surface area contributed by atoms with Crippen molar-refractivity contribution < 1.29 is 4.79 Å². The molecule has 3 rings (SSSR count). The molecule has 0 saturated heterocycles. The highest BCUT2D eigenvalue weighted by atomic mass is 35.5. The Hall–Kier alpha value is -2.51. The second-order valence-corrected chi connectivity index (χ2v) is 6.56. The number of aryl methyl sites for hydroxylation is 1. The van der Waals surface area contributed by atoms with E-state index in [1.807, 2.05) is 18.2 Å². The molecule has 1 amide bonds. The van der Waals surface area contributed by atoms with Gasteiger partial charge in [0.2, 0.25) is 5.13 Å².